The zero-order valence-electron chi connectivity index (χ0n) is 10.9. The predicted molar refractivity (Wildman–Crippen MR) is 76.5 cm³/mol. The van der Waals surface area contributed by atoms with Crippen LogP contribution in [0, 0.1) is 19.7 Å². The van der Waals surface area contributed by atoms with E-state index in [1.807, 2.05) is 32.0 Å². The summed E-state index contributed by atoms with van der Waals surface area (Å²) < 4.78 is 13.5. The van der Waals surface area contributed by atoms with Crippen molar-refractivity contribution < 1.29 is 4.39 Å². The standard InChI is InChI=1S/C15H16ClFN2/c1-9-5-11(8-13(17)6-9)15(19-18)14-4-3-12(16)7-10(14)2/h3-8,15,19H,18H2,1-2H3. The van der Waals surface area contributed by atoms with Crippen LogP contribution in [0.3, 0.4) is 0 Å². The first-order valence-electron chi connectivity index (χ1n) is 6.00. The topological polar surface area (TPSA) is 38.0 Å². The molecule has 1 atom stereocenters. The average molecular weight is 279 g/mol. The predicted octanol–water partition coefficient (Wildman–Crippen LogP) is 3.65. The molecule has 100 valence electrons. The Kier molecular flexibility index (Phi) is 4.20. The van der Waals surface area contributed by atoms with E-state index in [9.17, 15) is 4.39 Å². The summed E-state index contributed by atoms with van der Waals surface area (Å²) in [4.78, 5) is 0. The second-order valence-electron chi connectivity index (χ2n) is 4.66. The largest absolute Gasteiger partial charge is 0.271 e. The molecule has 0 fully saturated rings. The van der Waals surface area contributed by atoms with Gasteiger partial charge in [-0.3, -0.25) is 5.84 Å². The van der Waals surface area contributed by atoms with Crippen LogP contribution in [-0.4, -0.2) is 0 Å². The fourth-order valence-electron chi connectivity index (χ4n) is 2.26. The second kappa shape index (κ2) is 5.70. The summed E-state index contributed by atoms with van der Waals surface area (Å²) in [6, 6.07) is 10.2. The highest BCUT2D eigenvalue weighted by Gasteiger charge is 2.16. The highest BCUT2D eigenvalue weighted by atomic mass is 35.5. The summed E-state index contributed by atoms with van der Waals surface area (Å²) in [6.45, 7) is 3.81. The number of hydrogen-bond acceptors (Lipinski definition) is 2. The molecule has 3 N–H and O–H groups in total. The van der Waals surface area contributed by atoms with Crippen molar-refractivity contribution in [2.45, 2.75) is 19.9 Å². The number of rotatable bonds is 3. The molecule has 0 saturated heterocycles. The third kappa shape index (κ3) is 3.13. The smallest absolute Gasteiger partial charge is 0.123 e. The van der Waals surface area contributed by atoms with Crippen LogP contribution in [0.1, 0.15) is 28.3 Å². The lowest BCUT2D eigenvalue weighted by atomic mass is 9.94. The van der Waals surface area contributed by atoms with Crippen molar-refractivity contribution in [2.75, 3.05) is 0 Å². The molecule has 0 heterocycles. The fraction of sp³-hybridized carbons (Fsp3) is 0.200. The molecule has 0 aliphatic heterocycles. The van der Waals surface area contributed by atoms with Gasteiger partial charge in [0.2, 0.25) is 0 Å². The van der Waals surface area contributed by atoms with Crippen LogP contribution in [0.4, 0.5) is 4.39 Å². The van der Waals surface area contributed by atoms with E-state index in [0.29, 0.717) is 5.02 Å². The molecule has 2 aromatic carbocycles. The number of nitrogens with two attached hydrogens (primary N) is 1. The van der Waals surface area contributed by atoms with Crippen molar-refractivity contribution in [2.24, 2.45) is 5.84 Å². The number of hydrogen-bond donors (Lipinski definition) is 2. The number of benzene rings is 2. The average Bonchev–Trinajstić information content (AvgIpc) is 2.31. The monoisotopic (exact) mass is 278 g/mol. The molecule has 0 aromatic heterocycles. The second-order valence-corrected chi connectivity index (χ2v) is 5.10. The molecular weight excluding hydrogens is 263 g/mol. The molecule has 2 rings (SSSR count). The lowest BCUT2D eigenvalue weighted by Crippen LogP contribution is -2.29. The molecule has 1 unspecified atom stereocenters. The molecule has 0 aliphatic rings. The molecule has 2 aromatic rings. The summed E-state index contributed by atoms with van der Waals surface area (Å²) in [6.07, 6.45) is 0. The van der Waals surface area contributed by atoms with E-state index in [2.05, 4.69) is 5.43 Å². The van der Waals surface area contributed by atoms with Gasteiger partial charge in [0.15, 0.2) is 0 Å². The van der Waals surface area contributed by atoms with Crippen LogP contribution in [-0.2, 0) is 0 Å². The van der Waals surface area contributed by atoms with E-state index in [-0.39, 0.29) is 11.9 Å². The Morgan fingerprint density at radius 1 is 1.16 bits per heavy atom. The number of aryl methyl sites for hydroxylation is 2. The van der Waals surface area contributed by atoms with Gasteiger partial charge >= 0.3 is 0 Å². The summed E-state index contributed by atoms with van der Waals surface area (Å²) >= 11 is 5.95. The van der Waals surface area contributed by atoms with Crippen LogP contribution in [0.15, 0.2) is 36.4 Å². The summed E-state index contributed by atoms with van der Waals surface area (Å²) in [5.41, 5.74) is 6.39. The Labute approximate surface area is 117 Å². The molecule has 2 nitrogen and oxygen atoms in total. The molecule has 0 aliphatic carbocycles. The Morgan fingerprint density at radius 3 is 2.47 bits per heavy atom. The van der Waals surface area contributed by atoms with Crippen LogP contribution >= 0.6 is 11.6 Å². The first-order chi connectivity index (χ1) is 9.01. The maximum absolute atomic E-state index is 13.5. The maximum Gasteiger partial charge on any atom is 0.123 e. The van der Waals surface area contributed by atoms with Gasteiger partial charge in [-0.05, 0) is 60.4 Å². The van der Waals surface area contributed by atoms with E-state index >= 15 is 0 Å². The highest BCUT2D eigenvalue weighted by Crippen LogP contribution is 2.27. The molecule has 0 spiro atoms. The van der Waals surface area contributed by atoms with Crippen molar-refractivity contribution in [3.05, 3.63) is 69.5 Å². The number of halogens is 2. The van der Waals surface area contributed by atoms with Gasteiger partial charge in [-0.2, -0.15) is 0 Å². The minimum atomic E-state index is -0.262. The molecule has 4 heteroatoms. The first kappa shape index (κ1) is 14.0. The Morgan fingerprint density at radius 2 is 1.89 bits per heavy atom. The normalized spacial score (nSPS) is 12.5. The van der Waals surface area contributed by atoms with E-state index in [4.69, 9.17) is 17.4 Å². The summed E-state index contributed by atoms with van der Waals surface area (Å²) in [7, 11) is 0. The van der Waals surface area contributed by atoms with E-state index in [0.717, 1.165) is 22.3 Å². The Bertz CT molecular complexity index is 578. The van der Waals surface area contributed by atoms with Crippen molar-refractivity contribution in [3.63, 3.8) is 0 Å². The third-order valence-electron chi connectivity index (χ3n) is 3.11. The number of nitrogens with one attached hydrogen (secondary N) is 1. The van der Waals surface area contributed by atoms with Gasteiger partial charge in [0.05, 0.1) is 6.04 Å². The van der Waals surface area contributed by atoms with Gasteiger partial charge in [-0.15, -0.1) is 0 Å². The summed E-state index contributed by atoms with van der Waals surface area (Å²) in [5, 5.41) is 0.674. The van der Waals surface area contributed by atoms with Gasteiger partial charge in [-0.1, -0.05) is 23.7 Å². The van der Waals surface area contributed by atoms with Crippen molar-refractivity contribution in [1.82, 2.24) is 5.43 Å². The van der Waals surface area contributed by atoms with Gasteiger partial charge < -0.3 is 0 Å². The lowest BCUT2D eigenvalue weighted by Gasteiger charge is -2.20. The first-order valence-corrected chi connectivity index (χ1v) is 6.38. The van der Waals surface area contributed by atoms with Crippen molar-refractivity contribution in [1.29, 1.82) is 0 Å². The third-order valence-corrected chi connectivity index (χ3v) is 3.34. The van der Waals surface area contributed by atoms with E-state index in [1.54, 1.807) is 6.07 Å². The molecular formula is C15H16ClFN2. The Balaban J connectivity index is 2.49. The van der Waals surface area contributed by atoms with Crippen molar-refractivity contribution >= 4 is 11.6 Å². The minimum absolute atomic E-state index is 0.258. The zero-order valence-corrected chi connectivity index (χ0v) is 11.6. The number of hydrazine groups is 1. The van der Waals surface area contributed by atoms with Gasteiger partial charge in [0, 0.05) is 5.02 Å². The van der Waals surface area contributed by atoms with Gasteiger partial charge in [0.1, 0.15) is 5.82 Å². The van der Waals surface area contributed by atoms with Gasteiger partial charge in [0.25, 0.3) is 0 Å². The fourth-order valence-corrected chi connectivity index (χ4v) is 2.49. The highest BCUT2D eigenvalue weighted by molar-refractivity contribution is 6.30. The summed E-state index contributed by atoms with van der Waals surface area (Å²) in [5.74, 6) is 5.38. The molecule has 0 amide bonds. The van der Waals surface area contributed by atoms with Gasteiger partial charge in [-0.25, -0.2) is 9.82 Å². The quantitative estimate of drug-likeness (QED) is 0.664. The molecule has 0 bridgehead atoms. The Hall–Kier alpha value is -1.42. The lowest BCUT2D eigenvalue weighted by molar-refractivity contribution is 0.602. The maximum atomic E-state index is 13.5. The van der Waals surface area contributed by atoms with Crippen LogP contribution in [0.5, 0.6) is 0 Å². The van der Waals surface area contributed by atoms with Crippen LogP contribution in [0.25, 0.3) is 0 Å². The molecule has 0 radical (unpaired) electrons. The zero-order chi connectivity index (χ0) is 14.0. The molecule has 0 saturated carbocycles. The SMILES string of the molecule is Cc1cc(F)cc(C(NN)c2ccc(Cl)cc2C)c1. The van der Waals surface area contributed by atoms with E-state index < -0.39 is 0 Å². The van der Waals surface area contributed by atoms with Crippen LogP contribution < -0.4 is 11.3 Å². The van der Waals surface area contributed by atoms with Crippen LogP contribution in [0.2, 0.25) is 5.02 Å². The van der Waals surface area contributed by atoms with Crippen molar-refractivity contribution in [3.8, 4) is 0 Å². The molecule has 19 heavy (non-hydrogen) atoms. The minimum Gasteiger partial charge on any atom is -0.271 e. The van der Waals surface area contributed by atoms with E-state index in [1.165, 1.54) is 12.1 Å².